The Morgan fingerprint density at radius 2 is 1.24 bits per heavy atom. The molecule has 0 heterocycles. The van der Waals surface area contributed by atoms with Crippen molar-refractivity contribution < 1.29 is 22.0 Å². The van der Waals surface area contributed by atoms with Crippen LogP contribution >= 0.6 is 0 Å². The molecule has 0 N–H and O–H groups in total. The van der Waals surface area contributed by atoms with Crippen LogP contribution in [0.2, 0.25) is 0 Å². The molecule has 0 saturated heterocycles. The minimum Gasteiger partial charge on any atom is -0.203 e. The maximum absolute atomic E-state index is 13.8. The maximum atomic E-state index is 13.8. The highest BCUT2D eigenvalue weighted by molar-refractivity contribution is 5.86. The lowest BCUT2D eigenvalue weighted by Crippen LogP contribution is -2.09. The van der Waals surface area contributed by atoms with Gasteiger partial charge >= 0.3 is 0 Å². The molecule has 25 heavy (non-hydrogen) atoms. The van der Waals surface area contributed by atoms with Gasteiger partial charge in [0, 0.05) is 5.56 Å². The molecule has 0 amide bonds. The number of rotatable bonds is 4. The van der Waals surface area contributed by atoms with Crippen LogP contribution in [0.4, 0.5) is 22.0 Å². The van der Waals surface area contributed by atoms with E-state index >= 15 is 0 Å². The Hall–Kier alpha value is -2.43. The summed E-state index contributed by atoms with van der Waals surface area (Å²) in [7, 11) is 0. The van der Waals surface area contributed by atoms with Gasteiger partial charge in [-0.25, -0.2) is 22.0 Å². The van der Waals surface area contributed by atoms with Crippen LogP contribution in [0.1, 0.15) is 23.6 Å². The van der Waals surface area contributed by atoms with Crippen LogP contribution in [0.5, 0.6) is 0 Å². The summed E-state index contributed by atoms with van der Waals surface area (Å²) in [5.41, 5.74) is 1.08. The fourth-order valence-corrected chi connectivity index (χ4v) is 3.16. The number of hydrogen-bond acceptors (Lipinski definition) is 0. The van der Waals surface area contributed by atoms with Crippen molar-refractivity contribution in [1.82, 2.24) is 0 Å². The highest BCUT2D eigenvalue weighted by atomic mass is 19.2. The molecule has 0 atom stereocenters. The molecule has 5 heteroatoms. The van der Waals surface area contributed by atoms with Gasteiger partial charge in [-0.1, -0.05) is 43.3 Å². The second-order valence-electron chi connectivity index (χ2n) is 5.83. The van der Waals surface area contributed by atoms with Gasteiger partial charge in [-0.05, 0) is 41.2 Å². The Labute approximate surface area is 141 Å². The average molecular weight is 350 g/mol. The lowest BCUT2D eigenvalue weighted by atomic mass is 9.93. The summed E-state index contributed by atoms with van der Waals surface area (Å²) >= 11 is 0. The molecule has 0 aliphatic rings. The zero-order chi connectivity index (χ0) is 18.1. The Kier molecular flexibility index (Phi) is 4.75. The molecule has 0 aliphatic carbocycles. The van der Waals surface area contributed by atoms with E-state index in [1.54, 1.807) is 0 Å². The van der Waals surface area contributed by atoms with Gasteiger partial charge in [0.2, 0.25) is 5.82 Å². The lowest BCUT2D eigenvalue weighted by Gasteiger charge is -2.13. The van der Waals surface area contributed by atoms with Crippen LogP contribution in [-0.2, 0) is 19.3 Å². The first-order valence-corrected chi connectivity index (χ1v) is 7.95. The standard InChI is InChI=1S/C20H15F5/c1-2-13-12(8-7-11-5-3-4-6-14(11)13)9-10-15-16(21)18(23)20(25)19(24)17(15)22/h3-8H,2,9-10H2,1H3. The third kappa shape index (κ3) is 2.99. The summed E-state index contributed by atoms with van der Waals surface area (Å²) in [6.07, 6.45) is 0.622. The molecule has 0 unspecified atom stereocenters. The molecule has 0 bridgehead atoms. The molecule has 130 valence electrons. The first-order valence-electron chi connectivity index (χ1n) is 7.95. The van der Waals surface area contributed by atoms with Gasteiger partial charge in [-0.2, -0.15) is 0 Å². The molecule has 0 aromatic heterocycles. The average Bonchev–Trinajstić information content (AvgIpc) is 2.64. The van der Waals surface area contributed by atoms with Crippen molar-refractivity contribution >= 4 is 10.8 Å². The highest BCUT2D eigenvalue weighted by Crippen LogP contribution is 2.27. The zero-order valence-electron chi connectivity index (χ0n) is 13.5. The SMILES string of the molecule is CCc1c(CCc2c(F)c(F)c(F)c(F)c2F)ccc2ccccc12. The molecule has 3 aromatic carbocycles. The number of aryl methyl sites for hydroxylation is 2. The molecule has 0 radical (unpaired) electrons. The summed E-state index contributed by atoms with van der Waals surface area (Å²) in [6, 6.07) is 11.5. The fraction of sp³-hybridized carbons (Fsp3) is 0.200. The topological polar surface area (TPSA) is 0 Å². The minimum atomic E-state index is -2.13. The van der Waals surface area contributed by atoms with Crippen molar-refractivity contribution in [3.05, 3.63) is 82.2 Å². The number of halogens is 5. The Balaban J connectivity index is 1.99. The van der Waals surface area contributed by atoms with E-state index in [-0.39, 0.29) is 12.8 Å². The number of hydrogen-bond donors (Lipinski definition) is 0. The van der Waals surface area contributed by atoms with E-state index in [0.717, 1.165) is 21.9 Å². The molecule has 3 rings (SSSR count). The summed E-state index contributed by atoms with van der Waals surface area (Å²) in [4.78, 5) is 0. The van der Waals surface area contributed by atoms with Crippen LogP contribution in [0.25, 0.3) is 10.8 Å². The molecule has 0 aliphatic heterocycles. The summed E-state index contributed by atoms with van der Waals surface area (Å²) < 4.78 is 67.4. The molecular formula is C20H15F5. The Bertz CT molecular complexity index is 917. The van der Waals surface area contributed by atoms with Gasteiger partial charge in [-0.3, -0.25) is 0 Å². The van der Waals surface area contributed by atoms with Crippen LogP contribution in [0, 0.1) is 29.1 Å². The van der Waals surface area contributed by atoms with Crippen molar-refractivity contribution in [1.29, 1.82) is 0 Å². The molecule has 0 saturated carbocycles. The summed E-state index contributed by atoms with van der Waals surface area (Å²) in [5.74, 6) is -9.43. The van der Waals surface area contributed by atoms with Crippen LogP contribution < -0.4 is 0 Å². The smallest absolute Gasteiger partial charge is 0.200 e. The molecule has 3 aromatic rings. The van der Waals surface area contributed by atoms with Gasteiger partial charge in [0.05, 0.1) is 0 Å². The van der Waals surface area contributed by atoms with E-state index in [1.807, 2.05) is 43.3 Å². The van der Waals surface area contributed by atoms with Gasteiger partial charge in [-0.15, -0.1) is 0 Å². The van der Waals surface area contributed by atoms with Crippen LogP contribution in [0.15, 0.2) is 36.4 Å². The van der Waals surface area contributed by atoms with Crippen LogP contribution in [0.3, 0.4) is 0 Å². The predicted molar refractivity (Wildman–Crippen MR) is 87.0 cm³/mol. The van der Waals surface area contributed by atoms with Crippen molar-refractivity contribution in [3.63, 3.8) is 0 Å². The van der Waals surface area contributed by atoms with E-state index < -0.39 is 34.6 Å². The minimum absolute atomic E-state index is 0.187. The lowest BCUT2D eigenvalue weighted by molar-refractivity contribution is 0.370. The van der Waals surface area contributed by atoms with E-state index in [0.29, 0.717) is 6.42 Å². The van der Waals surface area contributed by atoms with E-state index in [2.05, 4.69) is 0 Å². The van der Waals surface area contributed by atoms with Crippen molar-refractivity contribution in [3.8, 4) is 0 Å². The molecule has 0 nitrogen and oxygen atoms in total. The van der Waals surface area contributed by atoms with E-state index in [4.69, 9.17) is 0 Å². The van der Waals surface area contributed by atoms with Crippen molar-refractivity contribution in [2.24, 2.45) is 0 Å². The molecule has 0 spiro atoms. The Morgan fingerprint density at radius 1 is 0.640 bits per heavy atom. The fourth-order valence-electron chi connectivity index (χ4n) is 3.16. The number of benzene rings is 3. The van der Waals surface area contributed by atoms with Crippen LogP contribution in [-0.4, -0.2) is 0 Å². The second kappa shape index (κ2) is 6.82. The third-order valence-electron chi connectivity index (χ3n) is 4.44. The summed E-state index contributed by atoms with van der Waals surface area (Å²) in [5, 5.41) is 2.07. The van der Waals surface area contributed by atoms with E-state index in [1.165, 1.54) is 0 Å². The van der Waals surface area contributed by atoms with Gasteiger partial charge in [0.15, 0.2) is 23.3 Å². The van der Waals surface area contributed by atoms with Gasteiger partial charge in [0.1, 0.15) is 0 Å². The quantitative estimate of drug-likeness (QED) is 0.313. The Morgan fingerprint density at radius 3 is 1.88 bits per heavy atom. The second-order valence-corrected chi connectivity index (χ2v) is 5.83. The third-order valence-corrected chi connectivity index (χ3v) is 4.44. The molecular weight excluding hydrogens is 335 g/mol. The normalized spacial score (nSPS) is 11.3. The largest absolute Gasteiger partial charge is 0.203 e. The predicted octanol–water partition coefficient (Wildman–Crippen LogP) is 5.88. The highest BCUT2D eigenvalue weighted by Gasteiger charge is 2.25. The maximum Gasteiger partial charge on any atom is 0.200 e. The van der Waals surface area contributed by atoms with Gasteiger partial charge in [0.25, 0.3) is 0 Å². The van der Waals surface area contributed by atoms with Crippen molar-refractivity contribution in [2.45, 2.75) is 26.2 Å². The zero-order valence-corrected chi connectivity index (χ0v) is 13.5. The van der Waals surface area contributed by atoms with Crippen molar-refractivity contribution in [2.75, 3.05) is 0 Å². The summed E-state index contributed by atoms with van der Waals surface area (Å²) in [6.45, 7) is 1.96. The first kappa shape index (κ1) is 17.4. The monoisotopic (exact) mass is 350 g/mol. The number of fused-ring (bicyclic) bond motifs is 1. The van der Waals surface area contributed by atoms with Gasteiger partial charge < -0.3 is 0 Å². The molecule has 0 fully saturated rings. The van der Waals surface area contributed by atoms with E-state index in [9.17, 15) is 22.0 Å². The first-order chi connectivity index (χ1) is 12.0.